The SMILES string of the molecule is CCCCCCCCCCCCCCCCOC(=O)c1ccccc1I. The Bertz CT molecular complexity index is 473. The third kappa shape index (κ3) is 11.9. The van der Waals surface area contributed by atoms with Gasteiger partial charge in [-0.25, -0.2) is 4.79 Å². The zero-order chi connectivity index (χ0) is 18.9. The molecule has 0 heterocycles. The van der Waals surface area contributed by atoms with E-state index < -0.39 is 0 Å². The molecular weight excluding hydrogens is 435 g/mol. The average molecular weight is 472 g/mol. The van der Waals surface area contributed by atoms with Crippen LogP contribution in [0.1, 0.15) is 107 Å². The summed E-state index contributed by atoms with van der Waals surface area (Å²) in [7, 11) is 0. The van der Waals surface area contributed by atoms with Crippen molar-refractivity contribution in [3.05, 3.63) is 33.4 Å². The van der Waals surface area contributed by atoms with Gasteiger partial charge in [-0.15, -0.1) is 0 Å². The molecular formula is C23H37IO2. The maximum Gasteiger partial charge on any atom is 0.339 e. The molecule has 1 aromatic carbocycles. The molecule has 0 spiro atoms. The third-order valence-electron chi connectivity index (χ3n) is 4.82. The largest absolute Gasteiger partial charge is 0.462 e. The lowest BCUT2D eigenvalue weighted by atomic mass is 10.0. The van der Waals surface area contributed by atoms with Crippen molar-refractivity contribution < 1.29 is 9.53 Å². The van der Waals surface area contributed by atoms with Gasteiger partial charge in [0.1, 0.15) is 0 Å². The van der Waals surface area contributed by atoms with Crippen molar-refractivity contribution in [1.82, 2.24) is 0 Å². The number of carbonyl (C=O) groups is 1. The van der Waals surface area contributed by atoms with Crippen LogP contribution >= 0.6 is 22.6 Å². The second kappa shape index (κ2) is 16.6. The molecule has 0 aliphatic carbocycles. The number of rotatable bonds is 16. The molecule has 0 bridgehead atoms. The van der Waals surface area contributed by atoms with Gasteiger partial charge in [0, 0.05) is 3.57 Å². The second-order valence-corrected chi connectivity index (χ2v) is 8.37. The summed E-state index contributed by atoms with van der Waals surface area (Å²) in [6.45, 7) is 2.82. The predicted octanol–water partition coefficient (Wildman–Crippen LogP) is 7.93. The Morgan fingerprint density at radius 3 is 1.73 bits per heavy atom. The molecule has 0 atom stereocenters. The first kappa shape index (κ1) is 23.5. The van der Waals surface area contributed by atoms with Crippen LogP contribution < -0.4 is 0 Å². The highest BCUT2D eigenvalue weighted by Crippen LogP contribution is 2.14. The molecule has 0 amide bonds. The van der Waals surface area contributed by atoms with E-state index in [4.69, 9.17) is 4.74 Å². The van der Waals surface area contributed by atoms with Crippen LogP contribution in [0.3, 0.4) is 0 Å². The Morgan fingerprint density at radius 2 is 1.23 bits per heavy atom. The summed E-state index contributed by atoms with van der Waals surface area (Å²) in [6.07, 6.45) is 18.8. The van der Waals surface area contributed by atoms with Crippen molar-refractivity contribution >= 4 is 28.6 Å². The number of hydrogen-bond acceptors (Lipinski definition) is 2. The highest BCUT2D eigenvalue weighted by Gasteiger charge is 2.09. The first-order valence-corrected chi connectivity index (χ1v) is 11.7. The van der Waals surface area contributed by atoms with E-state index >= 15 is 0 Å². The number of benzene rings is 1. The van der Waals surface area contributed by atoms with Gasteiger partial charge in [0.05, 0.1) is 12.2 Å². The molecule has 0 aromatic heterocycles. The van der Waals surface area contributed by atoms with E-state index in [0.29, 0.717) is 12.2 Å². The van der Waals surface area contributed by atoms with Gasteiger partial charge in [-0.2, -0.15) is 0 Å². The first-order chi connectivity index (χ1) is 12.8. The van der Waals surface area contributed by atoms with Crippen LogP contribution in [0, 0.1) is 3.57 Å². The molecule has 148 valence electrons. The molecule has 2 nitrogen and oxygen atoms in total. The predicted molar refractivity (Wildman–Crippen MR) is 120 cm³/mol. The number of halogens is 1. The second-order valence-electron chi connectivity index (χ2n) is 7.21. The smallest absolute Gasteiger partial charge is 0.339 e. The van der Waals surface area contributed by atoms with Gasteiger partial charge in [0.25, 0.3) is 0 Å². The lowest BCUT2D eigenvalue weighted by molar-refractivity contribution is 0.0496. The molecule has 0 saturated carbocycles. The van der Waals surface area contributed by atoms with Crippen molar-refractivity contribution in [1.29, 1.82) is 0 Å². The molecule has 0 unspecified atom stereocenters. The lowest BCUT2D eigenvalue weighted by Crippen LogP contribution is -2.08. The normalized spacial score (nSPS) is 10.8. The Labute approximate surface area is 174 Å². The van der Waals surface area contributed by atoms with E-state index in [1.807, 2.05) is 24.3 Å². The van der Waals surface area contributed by atoms with Crippen LogP contribution in [-0.2, 0) is 4.74 Å². The fraction of sp³-hybridized carbons (Fsp3) is 0.696. The molecule has 0 N–H and O–H groups in total. The summed E-state index contributed by atoms with van der Waals surface area (Å²) < 4.78 is 6.33. The van der Waals surface area contributed by atoms with Crippen LogP contribution in [0.2, 0.25) is 0 Å². The highest BCUT2D eigenvalue weighted by atomic mass is 127. The van der Waals surface area contributed by atoms with Gasteiger partial charge in [-0.1, -0.05) is 103 Å². The Hall–Kier alpha value is -0.580. The van der Waals surface area contributed by atoms with Gasteiger partial charge in [-0.05, 0) is 41.1 Å². The number of unbranched alkanes of at least 4 members (excludes halogenated alkanes) is 13. The Balaban J connectivity index is 1.84. The van der Waals surface area contributed by atoms with E-state index in [1.165, 1.54) is 77.0 Å². The molecule has 0 radical (unpaired) electrons. The molecule has 0 saturated heterocycles. The Kier molecular flexibility index (Phi) is 15.0. The fourth-order valence-electron chi connectivity index (χ4n) is 3.17. The highest BCUT2D eigenvalue weighted by molar-refractivity contribution is 14.1. The molecule has 0 fully saturated rings. The van der Waals surface area contributed by atoms with E-state index in [-0.39, 0.29) is 5.97 Å². The fourth-order valence-corrected chi connectivity index (χ4v) is 3.77. The zero-order valence-corrected chi connectivity index (χ0v) is 18.8. The summed E-state index contributed by atoms with van der Waals surface area (Å²) in [5, 5.41) is 0. The third-order valence-corrected chi connectivity index (χ3v) is 5.77. The van der Waals surface area contributed by atoms with E-state index in [1.54, 1.807) is 0 Å². The quantitative estimate of drug-likeness (QED) is 0.139. The minimum absolute atomic E-state index is 0.190. The number of ether oxygens (including phenoxy) is 1. The van der Waals surface area contributed by atoms with Gasteiger partial charge < -0.3 is 4.74 Å². The summed E-state index contributed by atoms with van der Waals surface area (Å²) in [6, 6.07) is 7.58. The van der Waals surface area contributed by atoms with Crippen molar-refractivity contribution in [3.8, 4) is 0 Å². The van der Waals surface area contributed by atoms with E-state index in [2.05, 4.69) is 29.5 Å². The van der Waals surface area contributed by atoms with Gasteiger partial charge in [0.15, 0.2) is 0 Å². The van der Waals surface area contributed by atoms with Crippen molar-refractivity contribution in [3.63, 3.8) is 0 Å². The summed E-state index contributed by atoms with van der Waals surface area (Å²) in [4.78, 5) is 12.0. The maximum absolute atomic E-state index is 12.0. The molecule has 3 heteroatoms. The molecule has 0 aliphatic heterocycles. The first-order valence-electron chi connectivity index (χ1n) is 10.7. The molecule has 1 rings (SSSR count). The number of hydrogen-bond donors (Lipinski definition) is 0. The zero-order valence-electron chi connectivity index (χ0n) is 16.6. The topological polar surface area (TPSA) is 26.3 Å². The van der Waals surface area contributed by atoms with Crippen LogP contribution in [0.15, 0.2) is 24.3 Å². The van der Waals surface area contributed by atoms with Crippen molar-refractivity contribution in [2.24, 2.45) is 0 Å². The summed E-state index contributed by atoms with van der Waals surface area (Å²) in [5.41, 5.74) is 0.679. The summed E-state index contributed by atoms with van der Waals surface area (Å²) >= 11 is 2.18. The average Bonchev–Trinajstić information content (AvgIpc) is 2.65. The number of esters is 1. The van der Waals surface area contributed by atoms with Gasteiger partial charge in [0.2, 0.25) is 0 Å². The van der Waals surface area contributed by atoms with Gasteiger partial charge in [-0.3, -0.25) is 0 Å². The monoisotopic (exact) mass is 472 g/mol. The molecule has 1 aromatic rings. The van der Waals surface area contributed by atoms with Crippen LogP contribution in [0.5, 0.6) is 0 Å². The minimum atomic E-state index is -0.190. The lowest BCUT2D eigenvalue weighted by Gasteiger charge is -2.06. The summed E-state index contributed by atoms with van der Waals surface area (Å²) in [5.74, 6) is -0.190. The van der Waals surface area contributed by atoms with Crippen molar-refractivity contribution in [2.45, 2.75) is 96.8 Å². The van der Waals surface area contributed by atoms with Crippen molar-refractivity contribution in [2.75, 3.05) is 6.61 Å². The molecule has 0 aliphatic rings. The van der Waals surface area contributed by atoms with Crippen LogP contribution in [0.25, 0.3) is 0 Å². The van der Waals surface area contributed by atoms with E-state index in [9.17, 15) is 4.79 Å². The van der Waals surface area contributed by atoms with E-state index in [0.717, 1.165) is 16.4 Å². The maximum atomic E-state index is 12.0. The van der Waals surface area contributed by atoms with Crippen LogP contribution in [0.4, 0.5) is 0 Å². The number of carbonyl (C=O) groups excluding carboxylic acids is 1. The minimum Gasteiger partial charge on any atom is -0.462 e. The van der Waals surface area contributed by atoms with Gasteiger partial charge >= 0.3 is 5.97 Å². The van der Waals surface area contributed by atoms with Crippen LogP contribution in [-0.4, -0.2) is 12.6 Å². The molecule has 26 heavy (non-hydrogen) atoms. The standard InChI is InChI=1S/C23H37IO2/c1-2-3-4-5-6-7-8-9-10-11-12-13-14-17-20-26-23(25)21-18-15-16-19-22(21)24/h15-16,18-19H,2-14,17,20H2,1H3. The Morgan fingerprint density at radius 1 is 0.769 bits per heavy atom.